The Morgan fingerprint density at radius 2 is 1.82 bits per heavy atom. The number of hydrogen-bond donors (Lipinski definition) is 2. The molecule has 2 aromatic heterocycles. The van der Waals surface area contributed by atoms with Crippen molar-refractivity contribution in [2.45, 2.75) is 13.1 Å². The molecule has 0 saturated carbocycles. The molecule has 7 nitrogen and oxygen atoms in total. The number of nitrogens with one attached hydrogen (secondary N) is 1. The Morgan fingerprint density at radius 3 is 2.45 bits per heavy atom. The molecular weight excluding hydrogens is 440 g/mol. The van der Waals surface area contributed by atoms with E-state index in [1.54, 1.807) is 21.3 Å². The maximum atomic E-state index is 13.3. The number of fused-ring (bicyclic) bond motifs is 1. The minimum absolute atomic E-state index is 0.256. The molecule has 0 fully saturated rings. The minimum atomic E-state index is -1.25. The third-order valence-corrected chi connectivity index (χ3v) is 6.79. The summed E-state index contributed by atoms with van der Waals surface area (Å²) in [6, 6.07) is 15.2. The lowest BCUT2D eigenvalue weighted by Gasteiger charge is -2.13. The number of pyridine rings is 1. The van der Waals surface area contributed by atoms with Crippen LogP contribution in [0.3, 0.4) is 0 Å². The van der Waals surface area contributed by atoms with Crippen LogP contribution < -0.4 is 20.2 Å². The Morgan fingerprint density at radius 1 is 1.09 bits per heavy atom. The van der Waals surface area contributed by atoms with Gasteiger partial charge < -0.3 is 24.5 Å². The molecule has 8 heteroatoms. The fraction of sp³-hybridized carbons (Fsp3) is 0.200. The second kappa shape index (κ2) is 9.48. The summed E-state index contributed by atoms with van der Waals surface area (Å²) in [6.45, 7) is 0.789. The summed E-state index contributed by atoms with van der Waals surface area (Å²) in [6.07, 6.45) is 1.43. The van der Waals surface area contributed by atoms with Crippen molar-refractivity contribution in [1.29, 1.82) is 0 Å². The first-order chi connectivity index (χ1) is 16.0. The summed E-state index contributed by atoms with van der Waals surface area (Å²) >= 11 is 1.47. The average molecular weight is 465 g/mol. The fourth-order valence-electron chi connectivity index (χ4n) is 3.90. The van der Waals surface area contributed by atoms with Crippen LogP contribution >= 0.6 is 11.3 Å². The van der Waals surface area contributed by atoms with Crippen molar-refractivity contribution in [1.82, 2.24) is 9.88 Å². The van der Waals surface area contributed by atoms with Crippen LogP contribution in [0.5, 0.6) is 11.5 Å². The van der Waals surface area contributed by atoms with Gasteiger partial charge in [-0.1, -0.05) is 18.2 Å². The normalized spacial score (nSPS) is 11.0. The van der Waals surface area contributed by atoms with Crippen LogP contribution in [0.1, 0.15) is 21.5 Å². The van der Waals surface area contributed by atoms with Crippen molar-refractivity contribution >= 4 is 27.5 Å². The maximum absolute atomic E-state index is 13.3. The number of carbonyl (C=O) groups is 1. The number of rotatable bonds is 8. The number of para-hydroxylation sites is 1. The van der Waals surface area contributed by atoms with Crippen LogP contribution in [-0.4, -0.2) is 36.9 Å². The molecule has 170 valence electrons. The van der Waals surface area contributed by atoms with Gasteiger partial charge in [-0.05, 0) is 48.5 Å². The Hall–Kier alpha value is -3.62. The van der Waals surface area contributed by atoms with E-state index in [1.807, 2.05) is 53.1 Å². The zero-order valence-corrected chi connectivity index (χ0v) is 19.4. The van der Waals surface area contributed by atoms with E-state index >= 15 is 0 Å². The first-order valence-corrected chi connectivity index (χ1v) is 11.1. The number of carboxylic acids is 1. The van der Waals surface area contributed by atoms with Gasteiger partial charge in [0, 0.05) is 23.2 Å². The summed E-state index contributed by atoms with van der Waals surface area (Å²) in [5.41, 5.74) is 1.87. The fourth-order valence-corrected chi connectivity index (χ4v) is 5.20. The van der Waals surface area contributed by atoms with Gasteiger partial charge in [0.15, 0.2) is 0 Å². The lowest BCUT2D eigenvalue weighted by atomic mass is 10.0. The summed E-state index contributed by atoms with van der Waals surface area (Å²) in [5.74, 6) is 0.186. The van der Waals surface area contributed by atoms with Gasteiger partial charge in [0.25, 0.3) is 0 Å². The monoisotopic (exact) mass is 464 g/mol. The van der Waals surface area contributed by atoms with Crippen LogP contribution in [0.25, 0.3) is 20.7 Å². The number of nitrogens with zero attached hydrogens (tertiary/aromatic N) is 1. The van der Waals surface area contributed by atoms with Gasteiger partial charge in [-0.2, -0.15) is 0 Å². The first kappa shape index (κ1) is 22.6. The van der Waals surface area contributed by atoms with Gasteiger partial charge in [0.1, 0.15) is 21.9 Å². The lowest BCUT2D eigenvalue weighted by Crippen LogP contribution is -2.20. The summed E-state index contributed by atoms with van der Waals surface area (Å²) in [7, 11) is 5.01. The third kappa shape index (κ3) is 4.22. The molecule has 0 aliphatic heterocycles. The highest BCUT2D eigenvalue weighted by Gasteiger charge is 2.23. The molecule has 2 aromatic carbocycles. The summed E-state index contributed by atoms with van der Waals surface area (Å²) in [4.78, 5) is 26.9. The van der Waals surface area contributed by atoms with Crippen LogP contribution in [0, 0.1) is 0 Å². The van der Waals surface area contributed by atoms with Crippen LogP contribution in [0.15, 0.2) is 59.5 Å². The molecule has 4 rings (SSSR count). The molecule has 0 saturated heterocycles. The Labute approximate surface area is 194 Å². The van der Waals surface area contributed by atoms with Crippen LogP contribution in [0.2, 0.25) is 0 Å². The second-order valence-corrected chi connectivity index (χ2v) is 8.46. The molecule has 2 N–H and O–H groups in total. The number of aromatic carboxylic acids is 1. The van der Waals surface area contributed by atoms with E-state index in [-0.39, 0.29) is 5.56 Å². The Kier molecular flexibility index (Phi) is 6.48. The van der Waals surface area contributed by atoms with E-state index < -0.39 is 11.4 Å². The number of methoxy groups -OCH3 is 2. The van der Waals surface area contributed by atoms with E-state index in [0.29, 0.717) is 29.1 Å². The molecule has 0 bridgehead atoms. The molecule has 33 heavy (non-hydrogen) atoms. The molecular formula is C25H24N2O5S. The van der Waals surface area contributed by atoms with Crippen molar-refractivity contribution in [3.63, 3.8) is 0 Å². The first-order valence-electron chi connectivity index (χ1n) is 10.3. The van der Waals surface area contributed by atoms with E-state index in [1.165, 1.54) is 17.5 Å². The summed E-state index contributed by atoms with van der Waals surface area (Å²) < 4.78 is 12.6. The molecule has 0 aliphatic carbocycles. The van der Waals surface area contributed by atoms with Gasteiger partial charge in [0.05, 0.1) is 26.2 Å². The van der Waals surface area contributed by atoms with Crippen molar-refractivity contribution in [2.75, 3.05) is 21.3 Å². The van der Waals surface area contributed by atoms with E-state index in [2.05, 4.69) is 5.32 Å². The topological polar surface area (TPSA) is 89.8 Å². The highest BCUT2D eigenvalue weighted by Crippen LogP contribution is 2.38. The molecule has 0 aliphatic rings. The van der Waals surface area contributed by atoms with Crippen molar-refractivity contribution in [2.24, 2.45) is 0 Å². The molecule has 0 amide bonds. The van der Waals surface area contributed by atoms with Crippen molar-refractivity contribution in [3.05, 3.63) is 81.6 Å². The number of benzene rings is 2. The molecule has 2 heterocycles. The van der Waals surface area contributed by atoms with E-state index in [4.69, 9.17) is 9.47 Å². The number of aromatic nitrogens is 1. The third-order valence-electron chi connectivity index (χ3n) is 5.48. The van der Waals surface area contributed by atoms with Crippen molar-refractivity contribution < 1.29 is 19.4 Å². The van der Waals surface area contributed by atoms with E-state index in [0.717, 1.165) is 27.3 Å². The number of hydrogen-bond acceptors (Lipinski definition) is 6. The smallest absolute Gasteiger partial charge is 0.341 e. The number of carboxylic acid groups (broad SMARTS) is 1. The van der Waals surface area contributed by atoms with Gasteiger partial charge >= 0.3 is 5.97 Å². The highest BCUT2D eigenvalue weighted by atomic mass is 32.1. The van der Waals surface area contributed by atoms with Gasteiger partial charge in [0.2, 0.25) is 5.43 Å². The Bertz CT molecular complexity index is 1370. The lowest BCUT2D eigenvalue weighted by molar-refractivity contribution is 0.0695. The van der Waals surface area contributed by atoms with Gasteiger partial charge in [-0.25, -0.2) is 4.79 Å². The molecule has 0 atom stereocenters. The predicted molar refractivity (Wildman–Crippen MR) is 130 cm³/mol. The van der Waals surface area contributed by atoms with Gasteiger partial charge in [-0.15, -0.1) is 11.3 Å². The van der Waals surface area contributed by atoms with E-state index in [9.17, 15) is 14.7 Å². The molecule has 0 radical (unpaired) electrons. The second-order valence-electron chi connectivity index (χ2n) is 7.47. The quantitative estimate of drug-likeness (QED) is 0.406. The zero-order chi connectivity index (χ0) is 23.5. The Balaban J connectivity index is 2.00. The van der Waals surface area contributed by atoms with Crippen molar-refractivity contribution in [3.8, 4) is 21.9 Å². The molecule has 0 spiro atoms. The average Bonchev–Trinajstić information content (AvgIpc) is 3.21. The maximum Gasteiger partial charge on any atom is 0.341 e. The molecule has 0 unspecified atom stereocenters. The minimum Gasteiger partial charge on any atom is -0.497 e. The predicted octanol–water partition coefficient (Wildman–Crippen LogP) is 4.21. The largest absolute Gasteiger partial charge is 0.497 e. The molecule has 4 aromatic rings. The number of thiophene rings is 1. The van der Waals surface area contributed by atoms with Crippen LogP contribution in [-0.2, 0) is 13.1 Å². The standard InChI is InChI=1S/C25H24N2O5S/c1-26-12-18-21-22(28)19(25(29)30)14-27(13-16-6-4-5-7-20(16)32-3)24(21)33-23(18)15-8-10-17(31-2)11-9-15/h4-11,14,26H,12-13H2,1-3H3,(H,29,30). The van der Waals surface area contributed by atoms with Crippen LogP contribution in [0.4, 0.5) is 0 Å². The van der Waals surface area contributed by atoms with Gasteiger partial charge in [-0.3, -0.25) is 4.79 Å². The SMILES string of the molecule is CNCc1c(-c2ccc(OC)cc2)sc2c1c(=O)c(C(=O)O)cn2Cc1ccccc1OC. The highest BCUT2D eigenvalue weighted by molar-refractivity contribution is 7.22. The summed E-state index contributed by atoms with van der Waals surface area (Å²) in [5, 5.41) is 13.3. The number of ether oxygens (including phenoxy) is 2. The zero-order valence-electron chi connectivity index (χ0n) is 18.5.